The van der Waals surface area contributed by atoms with Gasteiger partial charge in [-0.25, -0.2) is 9.82 Å². The van der Waals surface area contributed by atoms with Crippen LogP contribution < -0.4 is 5.43 Å². The number of aromatic nitrogens is 1. The van der Waals surface area contributed by atoms with Crippen molar-refractivity contribution in [1.29, 1.82) is 0 Å². The normalized spacial score (nSPS) is 11.7. The lowest BCUT2D eigenvalue weighted by atomic mass is 10.2. The molecule has 0 aliphatic heterocycles. The Morgan fingerprint density at radius 1 is 1.25 bits per heavy atom. The number of phenols is 1. The molecule has 0 spiro atoms. The van der Waals surface area contributed by atoms with Gasteiger partial charge < -0.3 is 10.1 Å². The van der Waals surface area contributed by atoms with Crippen molar-refractivity contribution in [2.24, 2.45) is 5.10 Å². The average Bonchev–Trinajstić information content (AvgIpc) is 2.97. The van der Waals surface area contributed by atoms with Crippen molar-refractivity contribution < 1.29 is 14.3 Å². The zero-order chi connectivity index (χ0) is 17.3. The third-order valence-corrected chi connectivity index (χ3v) is 3.99. The summed E-state index contributed by atoms with van der Waals surface area (Å²) in [5, 5.41) is 14.5. The smallest absolute Gasteiger partial charge is 0.275 e. The van der Waals surface area contributed by atoms with E-state index in [-0.39, 0.29) is 17.1 Å². The van der Waals surface area contributed by atoms with Gasteiger partial charge in [0.1, 0.15) is 11.6 Å². The Morgan fingerprint density at radius 3 is 2.83 bits per heavy atom. The molecule has 7 heteroatoms. The summed E-state index contributed by atoms with van der Waals surface area (Å²) in [6.07, 6.45) is 0. The fourth-order valence-corrected chi connectivity index (χ4v) is 2.60. The van der Waals surface area contributed by atoms with Crippen molar-refractivity contribution in [3.63, 3.8) is 0 Å². The number of carbonyl (C=O) groups is 1. The summed E-state index contributed by atoms with van der Waals surface area (Å²) in [6.45, 7) is 1.71. The molecule has 1 heterocycles. The molecule has 0 fully saturated rings. The van der Waals surface area contributed by atoms with Crippen molar-refractivity contribution in [2.75, 3.05) is 0 Å². The maximum absolute atomic E-state index is 13.2. The Labute approximate surface area is 145 Å². The zero-order valence-electron chi connectivity index (χ0n) is 12.6. The number of fused-ring (bicyclic) bond motifs is 1. The van der Waals surface area contributed by atoms with Gasteiger partial charge in [-0.3, -0.25) is 4.79 Å². The first-order chi connectivity index (χ1) is 11.4. The predicted molar refractivity (Wildman–Crippen MR) is 93.7 cm³/mol. The van der Waals surface area contributed by atoms with Gasteiger partial charge >= 0.3 is 0 Å². The summed E-state index contributed by atoms with van der Waals surface area (Å²) in [5.41, 5.74) is 4.46. The first-order valence-corrected chi connectivity index (χ1v) is 7.85. The quantitative estimate of drug-likeness (QED) is 0.468. The maximum Gasteiger partial charge on any atom is 0.275 e. The van der Waals surface area contributed by atoms with E-state index in [1.54, 1.807) is 25.1 Å². The molecule has 0 aliphatic rings. The van der Waals surface area contributed by atoms with Crippen molar-refractivity contribution in [1.82, 2.24) is 10.4 Å². The van der Waals surface area contributed by atoms with Crippen LogP contribution in [0.2, 0.25) is 0 Å². The Balaban J connectivity index is 1.82. The van der Waals surface area contributed by atoms with Gasteiger partial charge in [0.15, 0.2) is 0 Å². The topological polar surface area (TPSA) is 77.5 Å². The summed E-state index contributed by atoms with van der Waals surface area (Å²) in [7, 11) is 0. The highest BCUT2D eigenvalue weighted by Crippen LogP contribution is 2.22. The molecule has 0 aliphatic carbocycles. The van der Waals surface area contributed by atoms with E-state index >= 15 is 0 Å². The van der Waals surface area contributed by atoms with Gasteiger partial charge in [0.25, 0.3) is 5.91 Å². The van der Waals surface area contributed by atoms with Crippen molar-refractivity contribution in [3.8, 4) is 5.75 Å². The largest absolute Gasteiger partial charge is 0.507 e. The third-order valence-electron chi connectivity index (χ3n) is 3.50. The van der Waals surface area contributed by atoms with Crippen LogP contribution in [0.15, 0.2) is 52.0 Å². The number of H-pyrrole nitrogens is 1. The zero-order valence-corrected chi connectivity index (χ0v) is 14.2. The Hall–Kier alpha value is -2.67. The number of rotatable bonds is 3. The summed E-state index contributed by atoms with van der Waals surface area (Å²) in [4.78, 5) is 15.2. The van der Waals surface area contributed by atoms with Crippen LogP contribution in [0.3, 0.4) is 0 Å². The second kappa shape index (κ2) is 6.45. The third kappa shape index (κ3) is 3.30. The Kier molecular flexibility index (Phi) is 4.35. The second-order valence-corrected chi connectivity index (χ2v) is 6.13. The summed E-state index contributed by atoms with van der Waals surface area (Å²) in [6, 6.07) is 10.7. The van der Waals surface area contributed by atoms with E-state index in [1.807, 2.05) is 0 Å². The molecule has 1 amide bonds. The van der Waals surface area contributed by atoms with Crippen molar-refractivity contribution >= 4 is 38.5 Å². The van der Waals surface area contributed by atoms with E-state index in [1.165, 1.54) is 24.3 Å². The molecular weight excluding hydrogens is 377 g/mol. The number of halogens is 2. The molecule has 0 saturated heterocycles. The monoisotopic (exact) mass is 389 g/mol. The van der Waals surface area contributed by atoms with Crippen LogP contribution in [0.4, 0.5) is 4.39 Å². The fourth-order valence-electron chi connectivity index (χ4n) is 2.24. The number of hydrogen-bond acceptors (Lipinski definition) is 3. The van der Waals surface area contributed by atoms with E-state index in [2.05, 4.69) is 31.4 Å². The van der Waals surface area contributed by atoms with E-state index in [4.69, 9.17) is 0 Å². The van der Waals surface area contributed by atoms with Gasteiger partial charge in [-0.1, -0.05) is 15.9 Å². The van der Waals surface area contributed by atoms with E-state index in [0.717, 1.165) is 10.9 Å². The Morgan fingerprint density at radius 2 is 2.04 bits per heavy atom. The molecule has 1 aromatic heterocycles. The molecule has 2 aromatic carbocycles. The van der Waals surface area contributed by atoms with Crippen LogP contribution in [0, 0.1) is 5.82 Å². The molecule has 0 radical (unpaired) electrons. The summed E-state index contributed by atoms with van der Waals surface area (Å²) < 4.78 is 13.9. The molecular formula is C17H13BrFN3O2. The number of benzene rings is 2. The number of amides is 1. The van der Waals surface area contributed by atoms with Gasteiger partial charge in [-0.2, -0.15) is 5.10 Å². The molecule has 0 atom stereocenters. The first kappa shape index (κ1) is 16.2. The fraction of sp³-hybridized carbons (Fsp3) is 0.0588. The molecule has 3 rings (SSSR count). The van der Waals surface area contributed by atoms with Crippen LogP contribution in [-0.4, -0.2) is 21.7 Å². The minimum Gasteiger partial charge on any atom is -0.507 e. The number of hydrogen-bond donors (Lipinski definition) is 3. The number of nitrogens with zero attached hydrogens (tertiary/aromatic N) is 1. The first-order valence-electron chi connectivity index (χ1n) is 7.06. The minimum atomic E-state index is -0.532. The van der Waals surface area contributed by atoms with Gasteiger partial charge in [0.05, 0.1) is 17.0 Å². The Bertz CT molecular complexity index is 966. The molecule has 5 nitrogen and oxygen atoms in total. The van der Waals surface area contributed by atoms with Crippen molar-refractivity contribution in [2.45, 2.75) is 6.92 Å². The van der Waals surface area contributed by atoms with E-state index < -0.39 is 5.91 Å². The molecule has 122 valence electrons. The van der Waals surface area contributed by atoms with E-state index in [9.17, 15) is 14.3 Å². The summed E-state index contributed by atoms with van der Waals surface area (Å²) >= 11 is 3.24. The molecule has 24 heavy (non-hydrogen) atoms. The average molecular weight is 390 g/mol. The molecule has 0 saturated carbocycles. The number of hydrazone groups is 1. The van der Waals surface area contributed by atoms with Gasteiger partial charge in [0.2, 0.25) is 0 Å². The number of aromatic amines is 1. The highest BCUT2D eigenvalue weighted by atomic mass is 79.9. The predicted octanol–water partition coefficient (Wildman–Crippen LogP) is 3.93. The highest BCUT2D eigenvalue weighted by Gasteiger charge is 2.11. The van der Waals surface area contributed by atoms with Crippen LogP contribution in [0.5, 0.6) is 5.75 Å². The lowest BCUT2D eigenvalue weighted by molar-refractivity contribution is 0.0952. The van der Waals surface area contributed by atoms with Gasteiger partial charge in [-0.15, -0.1) is 0 Å². The number of phenolic OH excluding ortho intramolecular Hbond substituents is 1. The van der Waals surface area contributed by atoms with Crippen LogP contribution in [0.1, 0.15) is 23.0 Å². The van der Waals surface area contributed by atoms with Gasteiger partial charge in [-0.05, 0) is 49.4 Å². The van der Waals surface area contributed by atoms with Crippen LogP contribution in [0.25, 0.3) is 10.9 Å². The SMILES string of the molecule is CC(=NNC(=O)c1cc(Br)ccc1O)c1cc2cc(F)ccc2[nH]1. The maximum atomic E-state index is 13.2. The van der Waals surface area contributed by atoms with Gasteiger partial charge in [0, 0.05) is 15.4 Å². The standard InChI is InChI=1S/C17H13BrFN3O2/c1-9(15-7-10-6-12(19)3-4-14(10)20-15)21-22-17(24)13-8-11(18)2-5-16(13)23/h2-8,20,23H,1H3,(H,22,24). The summed E-state index contributed by atoms with van der Waals surface area (Å²) in [5.74, 6) is -0.985. The highest BCUT2D eigenvalue weighted by molar-refractivity contribution is 9.10. The molecule has 3 aromatic rings. The van der Waals surface area contributed by atoms with E-state index in [0.29, 0.717) is 15.9 Å². The molecule has 3 N–H and O–H groups in total. The van der Waals surface area contributed by atoms with Crippen molar-refractivity contribution in [3.05, 3.63) is 64.0 Å². The molecule has 0 unspecified atom stereocenters. The van der Waals surface area contributed by atoms with Crippen LogP contribution >= 0.6 is 15.9 Å². The minimum absolute atomic E-state index is 0.111. The lowest BCUT2D eigenvalue weighted by Gasteiger charge is -2.04. The number of carbonyl (C=O) groups excluding carboxylic acids is 1. The lowest BCUT2D eigenvalue weighted by Crippen LogP contribution is -2.19. The number of aromatic hydroxyl groups is 1. The molecule has 0 bridgehead atoms. The second-order valence-electron chi connectivity index (χ2n) is 5.21. The number of nitrogens with one attached hydrogen (secondary N) is 2. The van der Waals surface area contributed by atoms with Crippen LogP contribution in [-0.2, 0) is 0 Å².